The predicted octanol–water partition coefficient (Wildman–Crippen LogP) is 2.34. The van der Waals surface area contributed by atoms with Gasteiger partial charge in [-0.15, -0.1) is 0 Å². The van der Waals surface area contributed by atoms with Crippen LogP contribution in [0.1, 0.15) is 52.8 Å². The molecule has 3 aliphatic rings. The maximum atomic E-state index is 12.7. The molecule has 0 aromatic heterocycles. The molecule has 2 heterocycles. The van der Waals surface area contributed by atoms with Gasteiger partial charge in [-0.1, -0.05) is 23.6 Å². The molecule has 6 heteroatoms. The highest BCUT2D eigenvalue weighted by atomic mass is 16.7. The number of imide groups is 1. The lowest BCUT2D eigenvalue weighted by Gasteiger charge is -2.37. The van der Waals surface area contributed by atoms with Gasteiger partial charge in [0.15, 0.2) is 0 Å². The molecule has 1 saturated heterocycles. The second-order valence-electron chi connectivity index (χ2n) is 6.78. The minimum atomic E-state index is -0.567. The molecule has 2 fully saturated rings. The molecule has 6 nitrogen and oxygen atoms in total. The number of hydroxylamine groups is 2. The van der Waals surface area contributed by atoms with E-state index in [0.29, 0.717) is 18.3 Å². The molecule has 0 radical (unpaired) electrons. The molecule has 1 aliphatic carbocycles. The summed E-state index contributed by atoms with van der Waals surface area (Å²) >= 11 is 0. The maximum Gasteiger partial charge on any atom is 0.336 e. The second-order valence-corrected chi connectivity index (χ2v) is 6.78. The topological polar surface area (TPSA) is 72.9 Å². The average molecular weight is 329 g/mol. The van der Waals surface area contributed by atoms with Crippen molar-refractivity contribution in [2.24, 2.45) is 11.3 Å². The standard InChI is InChI=1S/C18H19NO5/c20-15-12-4-1-2-5-13(12)16(21)19(15)24-17(22)14-6-3-7-18(14)8-10-23-11-9-18/h1-2,4-5,14H,3,6-11H2. The van der Waals surface area contributed by atoms with Crippen LogP contribution in [0.3, 0.4) is 0 Å². The number of carbonyl (C=O) groups is 3. The van der Waals surface area contributed by atoms with Gasteiger partial charge in [0, 0.05) is 13.2 Å². The maximum absolute atomic E-state index is 12.7. The summed E-state index contributed by atoms with van der Waals surface area (Å²) in [6.45, 7) is 1.30. The second kappa shape index (κ2) is 5.70. The van der Waals surface area contributed by atoms with Crippen molar-refractivity contribution in [2.75, 3.05) is 13.2 Å². The first-order valence-electron chi connectivity index (χ1n) is 8.40. The van der Waals surface area contributed by atoms with E-state index >= 15 is 0 Å². The molecule has 0 N–H and O–H groups in total. The third-order valence-corrected chi connectivity index (χ3v) is 5.62. The van der Waals surface area contributed by atoms with Crippen molar-refractivity contribution in [3.63, 3.8) is 0 Å². The molecule has 4 rings (SSSR count). The van der Waals surface area contributed by atoms with E-state index in [9.17, 15) is 14.4 Å². The summed E-state index contributed by atoms with van der Waals surface area (Å²) in [6, 6.07) is 6.50. The van der Waals surface area contributed by atoms with Gasteiger partial charge in [0.25, 0.3) is 11.8 Å². The Bertz CT molecular complexity index is 672. The van der Waals surface area contributed by atoms with Crippen LogP contribution in [0.15, 0.2) is 24.3 Å². The number of ether oxygens (including phenoxy) is 1. The number of hydrogen-bond acceptors (Lipinski definition) is 5. The van der Waals surface area contributed by atoms with Crippen LogP contribution < -0.4 is 0 Å². The van der Waals surface area contributed by atoms with E-state index in [0.717, 1.165) is 32.1 Å². The number of fused-ring (bicyclic) bond motifs is 1. The highest BCUT2D eigenvalue weighted by molar-refractivity contribution is 6.20. The van der Waals surface area contributed by atoms with Crippen molar-refractivity contribution in [1.29, 1.82) is 0 Å². The summed E-state index contributed by atoms with van der Waals surface area (Å²) in [5, 5.41) is 0.623. The smallest absolute Gasteiger partial charge is 0.336 e. The molecule has 2 aliphatic heterocycles. The molecule has 24 heavy (non-hydrogen) atoms. The van der Waals surface area contributed by atoms with Crippen molar-refractivity contribution in [3.8, 4) is 0 Å². The number of amides is 2. The van der Waals surface area contributed by atoms with Crippen LogP contribution in [-0.2, 0) is 14.4 Å². The summed E-state index contributed by atoms with van der Waals surface area (Å²) in [5.41, 5.74) is 0.457. The van der Waals surface area contributed by atoms with Gasteiger partial charge in [-0.2, -0.15) is 0 Å². The van der Waals surface area contributed by atoms with Crippen LogP contribution in [0.5, 0.6) is 0 Å². The van der Waals surface area contributed by atoms with Crippen LogP contribution in [0.25, 0.3) is 0 Å². The first kappa shape index (κ1) is 15.3. The first-order chi connectivity index (χ1) is 11.6. The normalized spacial score (nSPS) is 25.2. The molecular formula is C18H19NO5. The molecule has 1 saturated carbocycles. The lowest BCUT2D eigenvalue weighted by molar-refractivity contribution is -0.179. The molecule has 1 aromatic rings. The Morgan fingerprint density at radius 2 is 1.71 bits per heavy atom. The van der Waals surface area contributed by atoms with Crippen molar-refractivity contribution in [1.82, 2.24) is 5.06 Å². The van der Waals surface area contributed by atoms with E-state index in [1.54, 1.807) is 24.3 Å². The Morgan fingerprint density at radius 1 is 1.08 bits per heavy atom. The highest BCUT2D eigenvalue weighted by Crippen LogP contribution is 2.50. The quantitative estimate of drug-likeness (QED) is 0.779. The Kier molecular flexibility index (Phi) is 3.64. The third-order valence-electron chi connectivity index (χ3n) is 5.62. The van der Waals surface area contributed by atoms with Crippen LogP contribution >= 0.6 is 0 Å². The monoisotopic (exact) mass is 329 g/mol. The van der Waals surface area contributed by atoms with Crippen LogP contribution in [-0.4, -0.2) is 36.1 Å². The third kappa shape index (κ3) is 2.24. The SMILES string of the molecule is O=C(ON1C(=O)c2ccccc2C1=O)C1CCCC12CCOCC2. The van der Waals surface area contributed by atoms with Gasteiger partial charge in [0.05, 0.1) is 17.0 Å². The number of benzene rings is 1. The van der Waals surface area contributed by atoms with Crippen LogP contribution in [0.4, 0.5) is 0 Å². The average Bonchev–Trinajstić information content (AvgIpc) is 3.11. The van der Waals surface area contributed by atoms with Gasteiger partial charge < -0.3 is 9.57 Å². The number of hydrogen-bond donors (Lipinski definition) is 0. The molecule has 0 bridgehead atoms. The van der Waals surface area contributed by atoms with E-state index in [-0.39, 0.29) is 22.5 Å². The lowest BCUT2D eigenvalue weighted by atomic mass is 9.72. The molecule has 2 amide bonds. The van der Waals surface area contributed by atoms with Crippen LogP contribution in [0.2, 0.25) is 0 Å². The fourth-order valence-electron chi connectivity index (χ4n) is 4.29. The van der Waals surface area contributed by atoms with Gasteiger partial charge in [-0.3, -0.25) is 9.59 Å². The van der Waals surface area contributed by atoms with E-state index in [1.807, 2.05) is 0 Å². The summed E-state index contributed by atoms with van der Waals surface area (Å²) < 4.78 is 5.42. The minimum absolute atomic E-state index is 0.103. The van der Waals surface area contributed by atoms with Crippen molar-refractivity contribution >= 4 is 17.8 Å². The van der Waals surface area contributed by atoms with Crippen molar-refractivity contribution < 1.29 is 24.0 Å². The Labute approximate surface area is 139 Å². The zero-order chi connectivity index (χ0) is 16.7. The summed E-state index contributed by atoms with van der Waals surface area (Å²) in [7, 11) is 0. The number of carbonyl (C=O) groups excluding carboxylic acids is 3. The summed E-state index contributed by atoms with van der Waals surface area (Å²) in [4.78, 5) is 42.7. The first-order valence-corrected chi connectivity index (χ1v) is 8.40. The number of nitrogens with zero attached hydrogens (tertiary/aromatic N) is 1. The molecule has 1 spiro atoms. The predicted molar refractivity (Wildman–Crippen MR) is 82.9 cm³/mol. The lowest BCUT2D eigenvalue weighted by Crippen LogP contribution is -2.41. The van der Waals surface area contributed by atoms with Crippen molar-refractivity contribution in [2.45, 2.75) is 32.1 Å². The van der Waals surface area contributed by atoms with E-state index < -0.39 is 17.8 Å². The van der Waals surface area contributed by atoms with Gasteiger partial charge in [0.2, 0.25) is 0 Å². The van der Waals surface area contributed by atoms with E-state index in [4.69, 9.17) is 9.57 Å². The van der Waals surface area contributed by atoms with Gasteiger partial charge >= 0.3 is 5.97 Å². The fourth-order valence-corrected chi connectivity index (χ4v) is 4.29. The van der Waals surface area contributed by atoms with Crippen molar-refractivity contribution in [3.05, 3.63) is 35.4 Å². The summed E-state index contributed by atoms with van der Waals surface area (Å²) in [6.07, 6.45) is 4.33. The zero-order valence-electron chi connectivity index (χ0n) is 13.3. The van der Waals surface area contributed by atoms with Gasteiger partial charge in [-0.25, -0.2) is 4.79 Å². The molecule has 1 atom stereocenters. The molecule has 1 unspecified atom stereocenters. The zero-order valence-corrected chi connectivity index (χ0v) is 13.3. The Morgan fingerprint density at radius 3 is 2.33 bits per heavy atom. The largest absolute Gasteiger partial charge is 0.381 e. The minimum Gasteiger partial charge on any atom is -0.381 e. The molecule has 126 valence electrons. The Balaban J connectivity index is 1.53. The van der Waals surface area contributed by atoms with E-state index in [2.05, 4.69) is 0 Å². The van der Waals surface area contributed by atoms with Crippen LogP contribution in [0, 0.1) is 11.3 Å². The van der Waals surface area contributed by atoms with Gasteiger partial charge in [0.1, 0.15) is 0 Å². The molecular weight excluding hydrogens is 310 g/mol. The highest BCUT2D eigenvalue weighted by Gasteiger charge is 2.50. The fraction of sp³-hybridized carbons (Fsp3) is 0.500. The number of rotatable bonds is 2. The molecule has 1 aromatic carbocycles. The summed E-state index contributed by atoms with van der Waals surface area (Å²) in [5.74, 6) is -1.87. The van der Waals surface area contributed by atoms with Gasteiger partial charge in [-0.05, 0) is 43.2 Å². The van der Waals surface area contributed by atoms with E-state index in [1.165, 1.54) is 0 Å². The Hall–Kier alpha value is -2.21.